The first kappa shape index (κ1) is 16.4. The molecule has 4 N–H and O–H groups in total. The zero-order valence-corrected chi connectivity index (χ0v) is 12.9. The van der Waals surface area contributed by atoms with E-state index < -0.39 is 17.7 Å². The smallest absolute Gasteiger partial charge is 0.315 e. The van der Waals surface area contributed by atoms with E-state index in [1.54, 1.807) is 26.0 Å². The summed E-state index contributed by atoms with van der Waals surface area (Å²) in [6.45, 7) is 3.97. The Bertz CT molecular complexity index is 539. The Morgan fingerprint density at radius 3 is 2.95 bits per heavy atom. The molecule has 1 fully saturated rings. The molecule has 1 aliphatic rings. The van der Waals surface area contributed by atoms with Crippen LogP contribution in [0.1, 0.15) is 37.7 Å². The number of carbonyl (C=O) groups is 2. The highest BCUT2D eigenvalue weighted by molar-refractivity contribution is 5.87. The lowest BCUT2D eigenvalue weighted by molar-refractivity contribution is -0.122. The van der Waals surface area contributed by atoms with Gasteiger partial charge in [-0.3, -0.25) is 4.79 Å². The summed E-state index contributed by atoms with van der Waals surface area (Å²) in [4.78, 5) is 23.7. The molecule has 3 amide bonds. The quantitative estimate of drug-likeness (QED) is 0.659. The van der Waals surface area contributed by atoms with Gasteiger partial charge in [0.2, 0.25) is 5.91 Å². The Kier molecular flexibility index (Phi) is 5.07. The monoisotopic (exact) mass is 309 g/mol. The first-order valence-corrected chi connectivity index (χ1v) is 7.50. The van der Waals surface area contributed by atoms with E-state index in [-0.39, 0.29) is 12.5 Å². The van der Waals surface area contributed by atoms with Crippen LogP contribution in [0.3, 0.4) is 0 Å². The minimum atomic E-state index is -1.31. The zero-order chi connectivity index (χ0) is 16.2. The average Bonchev–Trinajstić information content (AvgIpc) is 2.81. The molecule has 7 nitrogen and oxygen atoms in total. The van der Waals surface area contributed by atoms with Crippen molar-refractivity contribution in [1.82, 2.24) is 16.0 Å². The van der Waals surface area contributed by atoms with Gasteiger partial charge in [0.1, 0.15) is 23.2 Å². The SMILES string of the molecule is Cc1ccc([C@@](C)(O)CNC(=O)N[C@@H]2CCCCNC2=O)o1. The molecule has 0 bridgehead atoms. The number of aryl methyl sites for hydroxylation is 1. The van der Waals surface area contributed by atoms with Crippen LogP contribution in [0.15, 0.2) is 16.5 Å². The molecule has 0 spiro atoms. The number of carbonyl (C=O) groups excluding carboxylic acids is 2. The maximum absolute atomic E-state index is 11.9. The molecule has 0 aromatic carbocycles. The number of urea groups is 1. The molecule has 1 aromatic rings. The summed E-state index contributed by atoms with van der Waals surface area (Å²) in [6, 6.07) is 2.41. The van der Waals surface area contributed by atoms with E-state index in [0.717, 1.165) is 12.8 Å². The van der Waals surface area contributed by atoms with Gasteiger partial charge in [-0.25, -0.2) is 4.79 Å². The molecule has 0 radical (unpaired) electrons. The highest BCUT2D eigenvalue weighted by Crippen LogP contribution is 2.21. The second-order valence-corrected chi connectivity index (χ2v) is 5.85. The normalized spacial score (nSPS) is 21.4. The maximum atomic E-state index is 11.9. The molecule has 2 atom stereocenters. The van der Waals surface area contributed by atoms with Crippen LogP contribution in [0, 0.1) is 6.92 Å². The van der Waals surface area contributed by atoms with Gasteiger partial charge >= 0.3 is 6.03 Å². The van der Waals surface area contributed by atoms with Gasteiger partial charge in [0.25, 0.3) is 0 Å². The summed E-state index contributed by atoms with van der Waals surface area (Å²) in [5.41, 5.74) is -1.31. The van der Waals surface area contributed by atoms with E-state index in [4.69, 9.17) is 4.42 Å². The zero-order valence-electron chi connectivity index (χ0n) is 12.9. The van der Waals surface area contributed by atoms with Crippen LogP contribution in [0.2, 0.25) is 0 Å². The lowest BCUT2D eigenvalue weighted by Crippen LogP contribution is -2.51. The molecular formula is C15H23N3O4. The molecule has 1 saturated heterocycles. The van der Waals surface area contributed by atoms with Crippen molar-refractivity contribution in [2.45, 2.75) is 44.8 Å². The van der Waals surface area contributed by atoms with E-state index in [9.17, 15) is 14.7 Å². The van der Waals surface area contributed by atoms with Crippen LogP contribution in [-0.4, -0.2) is 36.2 Å². The second kappa shape index (κ2) is 6.83. The van der Waals surface area contributed by atoms with Crippen molar-refractivity contribution in [3.8, 4) is 0 Å². The van der Waals surface area contributed by atoms with E-state index in [0.29, 0.717) is 24.5 Å². The summed E-state index contributed by atoms with van der Waals surface area (Å²) in [7, 11) is 0. The van der Waals surface area contributed by atoms with Gasteiger partial charge in [-0.1, -0.05) is 0 Å². The van der Waals surface area contributed by atoms with Crippen molar-refractivity contribution in [3.63, 3.8) is 0 Å². The first-order valence-electron chi connectivity index (χ1n) is 7.50. The van der Waals surface area contributed by atoms with Crippen molar-refractivity contribution >= 4 is 11.9 Å². The molecule has 22 heavy (non-hydrogen) atoms. The topological polar surface area (TPSA) is 104 Å². The fraction of sp³-hybridized carbons (Fsp3) is 0.600. The van der Waals surface area contributed by atoms with E-state index >= 15 is 0 Å². The fourth-order valence-corrected chi connectivity index (χ4v) is 2.35. The Morgan fingerprint density at radius 1 is 1.50 bits per heavy atom. The molecule has 0 aliphatic carbocycles. The van der Waals surface area contributed by atoms with Gasteiger partial charge in [-0.15, -0.1) is 0 Å². The molecule has 7 heteroatoms. The molecule has 1 aromatic heterocycles. The summed E-state index contributed by atoms with van der Waals surface area (Å²) in [5.74, 6) is 0.911. The third kappa shape index (κ3) is 4.24. The van der Waals surface area contributed by atoms with E-state index in [1.165, 1.54) is 0 Å². The number of hydrogen-bond donors (Lipinski definition) is 4. The summed E-state index contributed by atoms with van der Waals surface area (Å²) >= 11 is 0. The molecule has 0 saturated carbocycles. The van der Waals surface area contributed by atoms with Crippen molar-refractivity contribution in [3.05, 3.63) is 23.7 Å². The summed E-state index contributed by atoms with van der Waals surface area (Å²) < 4.78 is 5.38. The van der Waals surface area contributed by atoms with Crippen LogP contribution < -0.4 is 16.0 Å². The fourth-order valence-electron chi connectivity index (χ4n) is 2.35. The van der Waals surface area contributed by atoms with Crippen LogP contribution in [0.25, 0.3) is 0 Å². The Morgan fingerprint density at radius 2 is 2.27 bits per heavy atom. The van der Waals surface area contributed by atoms with Gasteiger partial charge in [-0.05, 0) is 45.2 Å². The van der Waals surface area contributed by atoms with Crippen LogP contribution in [0.4, 0.5) is 4.79 Å². The molecule has 122 valence electrons. The molecule has 1 aliphatic heterocycles. The number of furan rings is 1. The predicted octanol–water partition coefficient (Wildman–Crippen LogP) is 0.763. The lowest BCUT2D eigenvalue weighted by atomic mass is 10.0. The number of hydrogen-bond acceptors (Lipinski definition) is 4. The van der Waals surface area contributed by atoms with Gasteiger partial charge in [0.15, 0.2) is 0 Å². The molecular weight excluding hydrogens is 286 g/mol. The highest BCUT2D eigenvalue weighted by Gasteiger charge is 2.28. The van der Waals surface area contributed by atoms with Gasteiger partial charge < -0.3 is 25.5 Å². The second-order valence-electron chi connectivity index (χ2n) is 5.85. The van der Waals surface area contributed by atoms with Crippen molar-refractivity contribution in [2.75, 3.05) is 13.1 Å². The van der Waals surface area contributed by atoms with E-state index in [1.807, 2.05) is 0 Å². The lowest BCUT2D eigenvalue weighted by Gasteiger charge is -2.22. The van der Waals surface area contributed by atoms with E-state index in [2.05, 4.69) is 16.0 Å². The molecule has 2 rings (SSSR count). The average molecular weight is 309 g/mol. The standard InChI is InChI=1S/C15H23N3O4/c1-10-6-7-12(22-10)15(2,21)9-17-14(20)18-11-5-3-4-8-16-13(11)19/h6-7,11,21H,3-5,8-9H2,1-2H3,(H,16,19)(H2,17,18,20)/t11-,15+/m1/s1. The van der Waals surface area contributed by atoms with Crippen molar-refractivity contribution < 1.29 is 19.1 Å². The Hall–Kier alpha value is -2.02. The highest BCUT2D eigenvalue weighted by atomic mass is 16.4. The maximum Gasteiger partial charge on any atom is 0.315 e. The summed E-state index contributed by atoms with van der Waals surface area (Å²) in [5, 5.41) is 18.3. The van der Waals surface area contributed by atoms with Crippen LogP contribution in [0.5, 0.6) is 0 Å². The first-order chi connectivity index (χ1) is 10.4. The van der Waals surface area contributed by atoms with Gasteiger partial charge in [-0.2, -0.15) is 0 Å². The van der Waals surface area contributed by atoms with Crippen molar-refractivity contribution in [2.24, 2.45) is 0 Å². The van der Waals surface area contributed by atoms with Gasteiger partial charge in [0, 0.05) is 6.54 Å². The number of amides is 3. The number of rotatable bonds is 4. The number of nitrogens with one attached hydrogen (secondary N) is 3. The van der Waals surface area contributed by atoms with Gasteiger partial charge in [0.05, 0.1) is 6.54 Å². The minimum Gasteiger partial charge on any atom is -0.463 e. The van der Waals surface area contributed by atoms with Crippen LogP contribution >= 0.6 is 0 Å². The molecule has 2 heterocycles. The Balaban J connectivity index is 1.85. The third-order valence-electron chi connectivity index (χ3n) is 3.70. The summed E-state index contributed by atoms with van der Waals surface area (Å²) in [6.07, 6.45) is 2.41. The Labute approximate surface area is 129 Å². The minimum absolute atomic E-state index is 0.0138. The third-order valence-corrected chi connectivity index (χ3v) is 3.70. The number of aliphatic hydroxyl groups is 1. The van der Waals surface area contributed by atoms with Crippen LogP contribution in [-0.2, 0) is 10.4 Å². The predicted molar refractivity (Wildman–Crippen MR) is 80.2 cm³/mol. The largest absolute Gasteiger partial charge is 0.463 e. The van der Waals surface area contributed by atoms with Crippen molar-refractivity contribution in [1.29, 1.82) is 0 Å². The molecule has 0 unspecified atom stereocenters.